The van der Waals surface area contributed by atoms with Crippen LogP contribution in [0.3, 0.4) is 0 Å². The van der Waals surface area contributed by atoms with Crippen LogP contribution < -0.4 is 0 Å². The van der Waals surface area contributed by atoms with Gasteiger partial charge in [0.25, 0.3) is 0 Å². The summed E-state index contributed by atoms with van der Waals surface area (Å²) in [6.07, 6.45) is 0. The molecule has 2 heteroatoms. The van der Waals surface area contributed by atoms with E-state index in [1.807, 2.05) is 0 Å². The van der Waals surface area contributed by atoms with Crippen LogP contribution in [0, 0.1) is 6.92 Å². The minimum Gasteiger partial charge on any atom is -0.0620 e. The molecule has 0 atom stereocenters. The van der Waals surface area contributed by atoms with Crippen molar-refractivity contribution < 1.29 is 0 Å². The molecule has 0 aromatic heterocycles. The third kappa shape index (κ3) is 1.07. The Balaban J connectivity index is 2.44. The summed E-state index contributed by atoms with van der Waals surface area (Å²) < 4.78 is 0. The van der Waals surface area contributed by atoms with Gasteiger partial charge in [-0.05, 0) is 40.0 Å². The molecule has 2 aromatic carbocycles. The Labute approximate surface area is 98.5 Å². The highest BCUT2D eigenvalue weighted by Gasteiger charge is 2.35. The fourth-order valence-corrected chi connectivity index (χ4v) is 3.12. The van der Waals surface area contributed by atoms with Gasteiger partial charge in [0.05, 0.1) is 0 Å². The normalized spacial score (nSPS) is 15.6. The van der Waals surface area contributed by atoms with Crippen LogP contribution in [0.5, 0.6) is 0 Å². The van der Waals surface area contributed by atoms with Crippen molar-refractivity contribution in [2.75, 3.05) is 0 Å². The number of rotatable bonds is 0. The van der Waals surface area contributed by atoms with Gasteiger partial charge in [-0.2, -0.15) is 0 Å². The summed E-state index contributed by atoms with van der Waals surface area (Å²) in [5.41, 5.74) is 7.18. The molecular formula is C14H14B2. The summed E-state index contributed by atoms with van der Waals surface area (Å²) in [6.45, 7) is 2.21. The van der Waals surface area contributed by atoms with E-state index < -0.39 is 0 Å². The predicted molar refractivity (Wildman–Crippen MR) is 74.5 cm³/mol. The van der Waals surface area contributed by atoms with Crippen molar-refractivity contribution >= 4 is 15.7 Å². The van der Waals surface area contributed by atoms with E-state index in [9.17, 15) is 0 Å². The lowest BCUT2D eigenvalue weighted by atomic mass is 9.49. The molecule has 76 valence electrons. The van der Waals surface area contributed by atoms with Crippen LogP contribution >= 0.6 is 0 Å². The molecular weight excluding hydrogens is 190 g/mol. The SMILES string of the molecule is BC1(B)c2ccccc2-c2cccc(C)c21. The van der Waals surface area contributed by atoms with Crippen molar-refractivity contribution in [3.63, 3.8) is 0 Å². The van der Waals surface area contributed by atoms with Gasteiger partial charge in [0.2, 0.25) is 0 Å². The van der Waals surface area contributed by atoms with Crippen LogP contribution in [0.25, 0.3) is 11.1 Å². The lowest BCUT2D eigenvalue weighted by Crippen LogP contribution is -2.26. The van der Waals surface area contributed by atoms with E-state index in [-0.39, 0.29) is 5.21 Å². The highest BCUT2D eigenvalue weighted by Crippen LogP contribution is 2.46. The van der Waals surface area contributed by atoms with Crippen molar-refractivity contribution in [2.24, 2.45) is 0 Å². The second-order valence-electron chi connectivity index (χ2n) is 5.17. The maximum absolute atomic E-state index is 2.32. The fourth-order valence-electron chi connectivity index (χ4n) is 3.12. The molecule has 0 saturated heterocycles. The Morgan fingerprint density at radius 2 is 1.56 bits per heavy atom. The lowest BCUT2D eigenvalue weighted by molar-refractivity contribution is 1.06. The molecule has 3 rings (SSSR count). The monoisotopic (exact) mass is 204 g/mol. The van der Waals surface area contributed by atoms with E-state index in [2.05, 4.69) is 65.1 Å². The van der Waals surface area contributed by atoms with E-state index in [4.69, 9.17) is 0 Å². The van der Waals surface area contributed by atoms with Gasteiger partial charge in [-0.15, -0.1) is 0 Å². The van der Waals surface area contributed by atoms with Gasteiger partial charge >= 0.3 is 0 Å². The van der Waals surface area contributed by atoms with Gasteiger partial charge < -0.3 is 0 Å². The van der Waals surface area contributed by atoms with Crippen molar-refractivity contribution in [2.45, 2.75) is 12.1 Å². The highest BCUT2D eigenvalue weighted by molar-refractivity contribution is 6.44. The molecule has 16 heavy (non-hydrogen) atoms. The first-order valence-corrected chi connectivity index (χ1v) is 5.82. The molecule has 0 fully saturated rings. The number of aryl methyl sites for hydroxylation is 1. The van der Waals surface area contributed by atoms with E-state index in [1.165, 1.54) is 27.8 Å². The zero-order valence-corrected chi connectivity index (χ0v) is 10.0. The Morgan fingerprint density at radius 3 is 2.38 bits per heavy atom. The van der Waals surface area contributed by atoms with Gasteiger partial charge in [-0.3, -0.25) is 0 Å². The first-order valence-electron chi connectivity index (χ1n) is 5.82. The summed E-state index contributed by atoms with van der Waals surface area (Å²) in [7, 11) is 4.65. The molecule has 2 aromatic rings. The number of hydrogen-bond donors (Lipinski definition) is 0. The van der Waals surface area contributed by atoms with Crippen LogP contribution in [0.4, 0.5) is 0 Å². The first-order chi connectivity index (χ1) is 7.62. The van der Waals surface area contributed by atoms with Crippen LogP contribution in [0.1, 0.15) is 16.7 Å². The smallest absolute Gasteiger partial charge is 0.0620 e. The molecule has 0 heterocycles. The standard InChI is InChI=1S/C14H14B2/c1-9-5-4-7-11-10-6-2-3-8-12(10)14(15,16)13(9)11/h2-8H,15-16H2,1H3. The summed E-state index contributed by atoms with van der Waals surface area (Å²) in [6, 6.07) is 15.4. The van der Waals surface area contributed by atoms with Crippen molar-refractivity contribution in [1.82, 2.24) is 0 Å². The molecule has 1 aliphatic rings. The van der Waals surface area contributed by atoms with E-state index in [1.54, 1.807) is 0 Å². The van der Waals surface area contributed by atoms with E-state index in [0.717, 1.165) is 0 Å². The number of fused-ring (bicyclic) bond motifs is 3. The Kier molecular flexibility index (Phi) is 1.85. The summed E-state index contributed by atoms with van der Waals surface area (Å²) >= 11 is 0. The molecule has 0 N–H and O–H groups in total. The van der Waals surface area contributed by atoms with Crippen LogP contribution in [-0.4, -0.2) is 15.7 Å². The number of hydrogen-bond acceptors (Lipinski definition) is 0. The van der Waals surface area contributed by atoms with Crippen molar-refractivity contribution in [1.29, 1.82) is 0 Å². The van der Waals surface area contributed by atoms with E-state index >= 15 is 0 Å². The molecule has 0 saturated carbocycles. The summed E-state index contributed by atoms with van der Waals surface area (Å²) in [4.78, 5) is 0. The molecule has 0 amide bonds. The van der Waals surface area contributed by atoms with Gasteiger partial charge in [-0.25, -0.2) is 0 Å². The second-order valence-corrected chi connectivity index (χ2v) is 5.17. The maximum atomic E-state index is 2.32. The molecule has 0 spiro atoms. The minimum absolute atomic E-state index is 0.150. The van der Waals surface area contributed by atoms with E-state index in [0.29, 0.717) is 0 Å². The topological polar surface area (TPSA) is 0 Å². The van der Waals surface area contributed by atoms with Gasteiger partial charge in [0.1, 0.15) is 15.7 Å². The minimum atomic E-state index is 0.150. The fraction of sp³-hybridized carbons (Fsp3) is 0.143. The highest BCUT2D eigenvalue weighted by atomic mass is 14.3. The largest absolute Gasteiger partial charge is 0.110 e. The second kappa shape index (κ2) is 3.04. The van der Waals surface area contributed by atoms with Crippen LogP contribution in [0.2, 0.25) is 0 Å². The van der Waals surface area contributed by atoms with Crippen molar-refractivity contribution in [3.8, 4) is 11.1 Å². The summed E-state index contributed by atoms with van der Waals surface area (Å²) in [5.74, 6) is 0. The Hall–Kier alpha value is -1.43. The molecule has 0 bridgehead atoms. The Bertz CT molecular complexity index is 571. The Morgan fingerprint density at radius 1 is 0.875 bits per heavy atom. The van der Waals surface area contributed by atoms with Crippen molar-refractivity contribution in [3.05, 3.63) is 59.2 Å². The predicted octanol–water partition coefficient (Wildman–Crippen LogP) is 1.44. The molecule has 0 nitrogen and oxygen atoms in total. The number of benzene rings is 2. The average molecular weight is 204 g/mol. The quantitative estimate of drug-likeness (QED) is 0.569. The van der Waals surface area contributed by atoms with Gasteiger partial charge in [0.15, 0.2) is 0 Å². The molecule has 0 aliphatic heterocycles. The average Bonchev–Trinajstić information content (AvgIpc) is 2.50. The maximum Gasteiger partial charge on any atom is 0.110 e. The molecule has 1 aliphatic carbocycles. The van der Waals surface area contributed by atoms with Crippen LogP contribution in [-0.2, 0) is 5.21 Å². The molecule has 0 radical (unpaired) electrons. The zero-order chi connectivity index (χ0) is 11.3. The zero-order valence-electron chi connectivity index (χ0n) is 10.0. The summed E-state index contributed by atoms with van der Waals surface area (Å²) in [5, 5.41) is 0.150. The third-order valence-corrected chi connectivity index (χ3v) is 3.79. The van der Waals surface area contributed by atoms with Gasteiger partial charge in [-0.1, -0.05) is 42.5 Å². The molecule has 0 unspecified atom stereocenters. The van der Waals surface area contributed by atoms with Gasteiger partial charge in [0, 0.05) is 0 Å². The third-order valence-electron chi connectivity index (χ3n) is 3.79. The first kappa shape index (κ1) is 9.77. The lowest BCUT2D eigenvalue weighted by Gasteiger charge is -2.23. The van der Waals surface area contributed by atoms with Crippen LogP contribution in [0.15, 0.2) is 42.5 Å².